The number of hydrogen-bond acceptors (Lipinski definition) is 3. The van der Waals surface area contributed by atoms with E-state index in [2.05, 4.69) is 13.8 Å². The third kappa shape index (κ3) is 27.0. The Morgan fingerprint density at radius 1 is 0.565 bits per heavy atom. The van der Waals surface area contributed by atoms with Crippen LogP contribution in [-0.4, -0.2) is 34.6 Å². The maximum atomic E-state index is 8.91. The van der Waals surface area contributed by atoms with E-state index in [9.17, 15) is 0 Å². The van der Waals surface area contributed by atoms with E-state index in [4.69, 9.17) is 15.3 Å². The van der Waals surface area contributed by atoms with Crippen molar-refractivity contribution in [2.24, 2.45) is 0 Å². The summed E-state index contributed by atoms with van der Waals surface area (Å²) in [4.78, 5) is 0. The molecular weight excluding hydrogens is 288 g/mol. The van der Waals surface area contributed by atoms with Gasteiger partial charge in [0.2, 0.25) is 0 Å². The summed E-state index contributed by atoms with van der Waals surface area (Å²) in [5, 5.41) is 25.9. The van der Waals surface area contributed by atoms with Crippen LogP contribution in [0.3, 0.4) is 0 Å². The van der Waals surface area contributed by atoms with E-state index < -0.39 is 6.10 Å². The lowest BCUT2D eigenvalue weighted by Gasteiger charge is -2.04. The van der Waals surface area contributed by atoms with Gasteiger partial charge in [0.25, 0.3) is 0 Å². The summed E-state index contributed by atoms with van der Waals surface area (Å²) >= 11 is 0. The van der Waals surface area contributed by atoms with E-state index in [1.165, 1.54) is 77.0 Å². The molecule has 1 unspecified atom stereocenters. The van der Waals surface area contributed by atoms with Crippen LogP contribution < -0.4 is 0 Å². The Bertz CT molecular complexity index is 176. The minimum absolute atomic E-state index is 0.0911. The number of unbranched alkanes of at least 4 members (excludes halogenated alkanes) is 12. The van der Waals surface area contributed by atoms with E-state index in [1.807, 2.05) is 0 Å². The fourth-order valence-electron chi connectivity index (χ4n) is 2.50. The molecule has 0 rings (SSSR count). The molecule has 0 aromatic carbocycles. The number of aliphatic hydroxyl groups is 3. The molecule has 0 aliphatic heterocycles. The zero-order valence-electron chi connectivity index (χ0n) is 15.9. The Kier molecular flexibility index (Phi) is 26.4. The van der Waals surface area contributed by atoms with Crippen molar-refractivity contribution >= 4 is 0 Å². The monoisotopic (exact) mass is 332 g/mol. The van der Waals surface area contributed by atoms with Crippen molar-refractivity contribution in [3.05, 3.63) is 0 Å². The quantitative estimate of drug-likeness (QED) is 0.340. The maximum absolute atomic E-state index is 8.91. The van der Waals surface area contributed by atoms with Crippen LogP contribution >= 0.6 is 0 Å². The lowest BCUT2D eigenvalue weighted by Crippen LogP contribution is -2.10. The predicted molar refractivity (Wildman–Crippen MR) is 101 cm³/mol. The van der Waals surface area contributed by atoms with Gasteiger partial charge in [-0.25, -0.2) is 0 Å². The van der Waals surface area contributed by atoms with Crippen molar-refractivity contribution in [3.8, 4) is 0 Å². The molecule has 0 aliphatic carbocycles. The highest BCUT2D eigenvalue weighted by Gasteiger charge is 1.99. The topological polar surface area (TPSA) is 60.7 Å². The summed E-state index contributed by atoms with van der Waals surface area (Å²) in [6.07, 6.45) is 18.2. The van der Waals surface area contributed by atoms with Crippen molar-refractivity contribution in [1.29, 1.82) is 0 Å². The van der Waals surface area contributed by atoms with Gasteiger partial charge < -0.3 is 15.3 Å². The second-order valence-electron chi connectivity index (χ2n) is 6.59. The number of rotatable bonds is 16. The highest BCUT2D eigenvalue weighted by atomic mass is 16.3. The minimum atomic E-state index is -0.489. The summed E-state index contributed by atoms with van der Waals surface area (Å²) in [5.41, 5.74) is 0. The molecule has 0 fully saturated rings. The van der Waals surface area contributed by atoms with Crippen molar-refractivity contribution in [1.82, 2.24) is 0 Å². The first-order chi connectivity index (χ1) is 11.2. The third-order valence-electron chi connectivity index (χ3n) is 4.11. The highest BCUT2D eigenvalue weighted by Crippen LogP contribution is 2.10. The minimum Gasteiger partial charge on any atom is -0.396 e. The first-order valence-electron chi connectivity index (χ1n) is 10.1. The smallest absolute Gasteiger partial charge is 0.0770 e. The molecular formula is C20H44O3. The van der Waals surface area contributed by atoms with Gasteiger partial charge in [0.05, 0.1) is 12.7 Å². The van der Waals surface area contributed by atoms with Crippen LogP contribution in [0, 0.1) is 0 Å². The molecule has 0 aliphatic rings. The Labute approximate surface area is 145 Å². The van der Waals surface area contributed by atoms with Crippen LogP contribution in [-0.2, 0) is 0 Å². The van der Waals surface area contributed by atoms with Gasteiger partial charge in [-0.15, -0.1) is 0 Å². The number of aliphatic hydroxyl groups excluding tert-OH is 3. The van der Waals surface area contributed by atoms with Crippen molar-refractivity contribution in [3.63, 3.8) is 0 Å². The van der Waals surface area contributed by atoms with Gasteiger partial charge >= 0.3 is 0 Å². The van der Waals surface area contributed by atoms with Gasteiger partial charge in [-0.1, -0.05) is 97.3 Å². The fraction of sp³-hybridized carbons (Fsp3) is 1.00. The molecule has 0 bridgehead atoms. The standard InChI is InChI=1S/C12H26O.C8H18O2/c1-2-3-4-5-6-7-8-9-10-11-12-13;1-2-3-4-5-6-8(10)7-9/h13H,2-12H2,1H3;8-10H,2-7H2,1H3. The lowest BCUT2D eigenvalue weighted by molar-refractivity contribution is 0.0860. The molecule has 3 N–H and O–H groups in total. The largest absolute Gasteiger partial charge is 0.396 e. The molecule has 0 radical (unpaired) electrons. The van der Waals surface area contributed by atoms with Crippen LogP contribution in [0.1, 0.15) is 110 Å². The maximum Gasteiger partial charge on any atom is 0.0770 e. The number of hydrogen-bond donors (Lipinski definition) is 3. The average molecular weight is 333 g/mol. The molecule has 0 aromatic rings. The van der Waals surface area contributed by atoms with Gasteiger partial charge in [-0.2, -0.15) is 0 Å². The van der Waals surface area contributed by atoms with E-state index in [1.54, 1.807) is 0 Å². The van der Waals surface area contributed by atoms with Gasteiger partial charge in [0.15, 0.2) is 0 Å². The molecule has 0 saturated heterocycles. The SMILES string of the molecule is CCCCCCC(O)CO.CCCCCCCCCCCCO. The zero-order valence-corrected chi connectivity index (χ0v) is 15.9. The molecule has 23 heavy (non-hydrogen) atoms. The summed E-state index contributed by atoms with van der Waals surface area (Å²) in [5.74, 6) is 0. The second-order valence-corrected chi connectivity index (χ2v) is 6.59. The normalized spacial score (nSPS) is 11.9. The van der Waals surface area contributed by atoms with E-state index in [-0.39, 0.29) is 6.61 Å². The average Bonchev–Trinajstić information content (AvgIpc) is 2.57. The first kappa shape index (κ1) is 25.1. The highest BCUT2D eigenvalue weighted by molar-refractivity contribution is 4.52. The fourth-order valence-corrected chi connectivity index (χ4v) is 2.50. The summed E-state index contributed by atoms with van der Waals surface area (Å²) in [6.45, 7) is 4.69. The van der Waals surface area contributed by atoms with Crippen molar-refractivity contribution in [2.75, 3.05) is 13.2 Å². The lowest BCUT2D eigenvalue weighted by atomic mass is 10.1. The molecule has 0 aromatic heterocycles. The molecule has 3 nitrogen and oxygen atoms in total. The van der Waals surface area contributed by atoms with E-state index >= 15 is 0 Å². The molecule has 0 heterocycles. The summed E-state index contributed by atoms with van der Waals surface area (Å²) in [7, 11) is 0. The van der Waals surface area contributed by atoms with Gasteiger partial charge in [-0.05, 0) is 12.8 Å². The Balaban J connectivity index is 0. The van der Waals surface area contributed by atoms with Crippen LogP contribution in [0.15, 0.2) is 0 Å². The molecule has 142 valence electrons. The molecule has 3 heteroatoms. The molecule has 1 atom stereocenters. The van der Waals surface area contributed by atoms with Crippen molar-refractivity contribution < 1.29 is 15.3 Å². The van der Waals surface area contributed by atoms with Gasteiger partial charge in [0.1, 0.15) is 0 Å². The van der Waals surface area contributed by atoms with Crippen molar-refractivity contribution in [2.45, 2.75) is 116 Å². The van der Waals surface area contributed by atoms with Gasteiger partial charge in [-0.3, -0.25) is 0 Å². The van der Waals surface area contributed by atoms with Gasteiger partial charge in [0, 0.05) is 6.61 Å². The van der Waals surface area contributed by atoms with E-state index in [0.717, 1.165) is 19.3 Å². The molecule has 0 amide bonds. The molecule has 0 spiro atoms. The predicted octanol–water partition coefficient (Wildman–Crippen LogP) is 5.21. The summed E-state index contributed by atoms with van der Waals surface area (Å²) < 4.78 is 0. The Morgan fingerprint density at radius 2 is 0.957 bits per heavy atom. The van der Waals surface area contributed by atoms with Crippen LogP contribution in [0.4, 0.5) is 0 Å². The van der Waals surface area contributed by atoms with Crippen LogP contribution in [0.5, 0.6) is 0 Å². The third-order valence-corrected chi connectivity index (χ3v) is 4.11. The molecule has 0 saturated carbocycles. The Morgan fingerprint density at radius 3 is 1.35 bits per heavy atom. The second kappa shape index (κ2) is 24.1. The van der Waals surface area contributed by atoms with Crippen LogP contribution in [0.2, 0.25) is 0 Å². The summed E-state index contributed by atoms with van der Waals surface area (Å²) in [6, 6.07) is 0. The van der Waals surface area contributed by atoms with Crippen LogP contribution in [0.25, 0.3) is 0 Å². The zero-order chi connectivity index (χ0) is 17.6. The Hall–Kier alpha value is -0.120. The first-order valence-corrected chi connectivity index (χ1v) is 10.1. The van der Waals surface area contributed by atoms with E-state index in [0.29, 0.717) is 6.61 Å².